The van der Waals surface area contributed by atoms with E-state index in [9.17, 15) is 14.7 Å². The topological polar surface area (TPSA) is 94.3 Å². The van der Waals surface area contributed by atoms with Gasteiger partial charge in [-0.1, -0.05) is 52.0 Å². The van der Waals surface area contributed by atoms with Crippen LogP contribution in [0.25, 0.3) is 5.69 Å². The Bertz CT molecular complexity index is 1560. The number of aliphatic hydroxyl groups excluding tert-OH is 1. The van der Waals surface area contributed by atoms with Crippen LogP contribution in [0.1, 0.15) is 122 Å². The summed E-state index contributed by atoms with van der Waals surface area (Å²) in [4.78, 5) is 25.5. The van der Waals surface area contributed by atoms with Gasteiger partial charge in [0.15, 0.2) is 0 Å². The number of carbonyl (C=O) groups is 2. The van der Waals surface area contributed by atoms with Crippen LogP contribution in [0, 0.1) is 56.7 Å². The fourth-order valence-electron chi connectivity index (χ4n) is 13.0. The maximum Gasteiger partial charge on any atom is 0.312 e. The summed E-state index contributed by atoms with van der Waals surface area (Å²) in [6.07, 6.45) is 13.0. The molecule has 5 aliphatic carbocycles. The molecule has 1 heterocycles. The number of nitrogens with zero attached hydrogens (tertiary/aromatic N) is 3. The number of fused-ring (bicyclic) bond motifs is 7. The molecule has 0 spiro atoms. The van der Waals surface area contributed by atoms with Crippen LogP contribution in [0.4, 0.5) is 0 Å². The van der Waals surface area contributed by atoms with E-state index in [1.54, 1.807) is 23.0 Å². The number of allylic oxidation sites excluding steroid dienone is 1. The molecule has 5 fully saturated rings. The molecular formula is C40H55N3O4. The van der Waals surface area contributed by atoms with Gasteiger partial charge in [-0.15, -0.1) is 5.10 Å². The van der Waals surface area contributed by atoms with Gasteiger partial charge in [0.25, 0.3) is 0 Å². The minimum absolute atomic E-state index is 0.0552. The average Bonchev–Trinajstić information content (AvgIpc) is 3.68. The van der Waals surface area contributed by atoms with Crippen LogP contribution in [0.2, 0.25) is 0 Å². The van der Waals surface area contributed by atoms with Crippen molar-refractivity contribution in [1.29, 1.82) is 0 Å². The highest BCUT2D eigenvalue weighted by Gasteiger charge is 2.72. The fraction of sp³-hybridized carbons (Fsp3) is 0.700. The number of ether oxygens (including phenoxy) is 1. The molecule has 0 aliphatic heterocycles. The van der Waals surface area contributed by atoms with E-state index in [1.165, 1.54) is 24.8 Å². The molecular weight excluding hydrogens is 586 g/mol. The van der Waals surface area contributed by atoms with Crippen LogP contribution in [-0.4, -0.2) is 38.5 Å². The first-order chi connectivity index (χ1) is 22.2. The second kappa shape index (κ2) is 11.1. The summed E-state index contributed by atoms with van der Waals surface area (Å²) in [5.41, 5.74) is 3.24. The van der Waals surface area contributed by atoms with Crippen molar-refractivity contribution in [3.63, 3.8) is 0 Å². The van der Waals surface area contributed by atoms with Crippen LogP contribution in [-0.2, 0) is 16.1 Å². The zero-order chi connectivity index (χ0) is 33.6. The van der Waals surface area contributed by atoms with Crippen molar-refractivity contribution in [2.75, 3.05) is 0 Å². The van der Waals surface area contributed by atoms with Gasteiger partial charge >= 0.3 is 5.97 Å². The van der Waals surface area contributed by atoms with Crippen LogP contribution >= 0.6 is 0 Å². The molecule has 0 bridgehead atoms. The minimum Gasteiger partial charge on any atom is -0.459 e. The Labute approximate surface area is 280 Å². The summed E-state index contributed by atoms with van der Waals surface area (Å²) in [5.74, 6) is 2.13. The van der Waals surface area contributed by atoms with Crippen molar-refractivity contribution in [3.05, 3.63) is 53.9 Å². The third-order valence-corrected chi connectivity index (χ3v) is 15.6. The van der Waals surface area contributed by atoms with Gasteiger partial charge in [-0.3, -0.25) is 9.59 Å². The van der Waals surface area contributed by atoms with Crippen molar-refractivity contribution in [2.24, 2.45) is 56.7 Å². The van der Waals surface area contributed by atoms with Crippen LogP contribution < -0.4 is 0 Å². The van der Waals surface area contributed by atoms with Gasteiger partial charge in [0, 0.05) is 5.56 Å². The predicted molar refractivity (Wildman–Crippen MR) is 182 cm³/mol. The summed E-state index contributed by atoms with van der Waals surface area (Å²) in [7, 11) is 0. The van der Waals surface area contributed by atoms with Gasteiger partial charge in [-0.2, -0.15) is 0 Å². The van der Waals surface area contributed by atoms with Gasteiger partial charge in [-0.25, -0.2) is 4.68 Å². The number of esters is 1. The van der Waals surface area contributed by atoms with Gasteiger partial charge in [0.1, 0.15) is 18.6 Å². The molecule has 7 nitrogen and oxygen atoms in total. The number of benzene rings is 1. The standard InChI is InChI=1S/C40H55N3O4/c1-25(2)29-14-19-40(35(46)47-24-27-22-43(42-41-27)28-10-8-26(23-44)9-11-28)21-20-38(6)30(34(29)40)12-13-32-37(5)17-16-33(45)36(3,4)31(37)15-18-39(32,38)7/h8-11,22-23,29-34,45H,1,12-21,24H2,2-7H3/t29-,30+,31-,32+,33-,34+,37-,38+,39+,40-/m0/s1. The lowest BCUT2D eigenvalue weighted by Gasteiger charge is -2.72. The lowest BCUT2D eigenvalue weighted by molar-refractivity contribution is -0.248. The molecule has 7 rings (SSSR count). The second-order valence-electron chi connectivity index (χ2n) is 17.7. The number of aromatic nitrogens is 3. The van der Waals surface area contributed by atoms with Crippen LogP contribution in [0.5, 0.6) is 0 Å². The quantitative estimate of drug-likeness (QED) is 0.194. The van der Waals surface area contributed by atoms with E-state index in [-0.39, 0.29) is 46.3 Å². The van der Waals surface area contributed by atoms with Gasteiger partial charge < -0.3 is 9.84 Å². The minimum atomic E-state index is -0.490. The molecule has 2 aromatic rings. The Morgan fingerprint density at radius 2 is 1.70 bits per heavy atom. The zero-order valence-electron chi connectivity index (χ0n) is 29.4. The number of aldehydes is 1. The van der Waals surface area contributed by atoms with Crippen LogP contribution in [0.15, 0.2) is 42.6 Å². The summed E-state index contributed by atoms with van der Waals surface area (Å²) in [6, 6.07) is 7.15. The number of hydrogen-bond acceptors (Lipinski definition) is 6. The maximum atomic E-state index is 14.4. The Balaban J connectivity index is 1.14. The van der Waals surface area contributed by atoms with E-state index in [1.807, 2.05) is 12.1 Å². The molecule has 1 N–H and O–H groups in total. The van der Waals surface area contributed by atoms with Crippen molar-refractivity contribution in [3.8, 4) is 5.69 Å². The number of carbonyl (C=O) groups excluding carboxylic acids is 2. The Kier molecular flexibility index (Phi) is 7.74. The normalized spacial score (nSPS) is 41.9. The summed E-state index contributed by atoms with van der Waals surface area (Å²) < 4.78 is 7.85. The first kappa shape index (κ1) is 32.7. The lowest BCUT2D eigenvalue weighted by atomic mass is 9.32. The van der Waals surface area contributed by atoms with E-state index < -0.39 is 5.41 Å². The second-order valence-corrected chi connectivity index (χ2v) is 17.7. The number of rotatable bonds is 6. The smallest absolute Gasteiger partial charge is 0.312 e. The Morgan fingerprint density at radius 1 is 0.957 bits per heavy atom. The number of aliphatic hydroxyl groups is 1. The SMILES string of the molecule is C=C(C)[C@@H]1CC[C@]2(C(=O)OCc3cn(-c4ccc(C=O)cc4)nn3)CC[C@]3(C)[C@H](CC[C@@H]4[C@@]5(C)CC[C@H](O)C(C)(C)[C@@H]5CC[C@]43C)[C@@H]12. The van der Waals surface area contributed by atoms with E-state index in [4.69, 9.17) is 4.74 Å². The summed E-state index contributed by atoms with van der Waals surface area (Å²) in [5, 5.41) is 19.6. The van der Waals surface area contributed by atoms with E-state index in [2.05, 4.69) is 58.4 Å². The predicted octanol–water partition coefficient (Wildman–Crippen LogP) is 8.14. The third-order valence-electron chi connectivity index (χ3n) is 15.6. The Morgan fingerprint density at radius 3 is 2.40 bits per heavy atom. The van der Waals surface area contributed by atoms with Crippen molar-refractivity contribution < 1.29 is 19.4 Å². The number of hydrogen-bond donors (Lipinski definition) is 1. The molecule has 47 heavy (non-hydrogen) atoms. The third kappa shape index (κ3) is 4.60. The highest BCUT2D eigenvalue weighted by Crippen LogP contribution is 2.77. The molecule has 0 radical (unpaired) electrons. The fourth-order valence-corrected chi connectivity index (χ4v) is 13.0. The van der Waals surface area contributed by atoms with Crippen molar-refractivity contribution in [2.45, 2.75) is 118 Å². The highest BCUT2D eigenvalue weighted by molar-refractivity contribution is 5.78. The van der Waals surface area contributed by atoms with Crippen molar-refractivity contribution in [1.82, 2.24) is 15.0 Å². The molecule has 0 saturated heterocycles. The largest absolute Gasteiger partial charge is 0.459 e. The molecule has 5 aliphatic rings. The molecule has 0 unspecified atom stereocenters. The zero-order valence-corrected chi connectivity index (χ0v) is 29.4. The first-order valence-electron chi connectivity index (χ1n) is 18.2. The summed E-state index contributed by atoms with van der Waals surface area (Å²) in [6.45, 7) is 19.2. The molecule has 5 saturated carbocycles. The maximum absolute atomic E-state index is 14.4. The monoisotopic (exact) mass is 641 g/mol. The van der Waals surface area contributed by atoms with Gasteiger partial charge in [0.2, 0.25) is 0 Å². The molecule has 10 atom stereocenters. The Hall–Kier alpha value is -2.80. The summed E-state index contributed by atoms with van der Waals surface area (Å²) >= 11 is 0. The van der Waals surface area contributed by atoms with Crippen molar-refractivity contribution >= 4 is 12.3 Å². The molecule has 0 amide bonds. The highest BCUT2D eigenvalue weighted by atomic mass is 16.5. The van der Waals surface area contributed by atoms with E-state index in [0.29, 0.717) is 34.9 Å². The van der Waals surface area contributed by atoms with Gasteiger partial charge in [0.05, 0.1) is 23.4 Å². The average molecular weight is 642 g/mol. The van der Waals surface area contributed by atoms with E-state index >= 15 is 0 Å². The molecule has 254 valence electrons. The molecule has 1 aromatic carbocycles. The molecule has 1 aromatic heterocycles. The van der Waals surface area contributed by atoms with E-state index in [0.717, 1.165) is 56.9 Å². The lowest BCUT2D eigenvalue weighted by Crippen LogP contribution is -2.67. The molecule has 7 heteroatoms. The van der Waals surface area contributed by atoms with Crippen LogP contribution in [0.3, 0.4) is 0 Å². The first-order valence-corrected chi connectivity index (χ1v) is 18.2. The van der Waals surface area contributed by atoms with Gasteiger partial charge in [-0.05, 0) is 147 Å².